The number of likely N-dealkylation sites (tertiary alicyclic amines) is 1. The highest BCUT2D eigenvalue weighted by molar-refractivity contribution is 5.82. The molecule has 1 saturated heterocycles. The molecular formula is C13H18N2O4. The molecule has 104 valence electrons. The van der Waals surface area contributed by atoms with Gasteiger partial charge in [-0.15, -0.1) is 0 Å². The molecule has 1 aliphatic heterocycles. The number of rotatable bonds is 3. The molecule has 0 aliphatic carbocycles. The van der Waals surface area contributed by atoms with E-state index in [1.807, 2.05) is 0 Å². The van der Waals surface area contributed by atoms with E-state index in [1.165, 1.54) is 0 Å². The Hall–Kier alpha value is -1.85. The van der Waals surface area contributed by atoms with Gasteiger partial charge in [0.15, 0.2) is 0 Å². The Labute approximate surface area is 111 Å². The zero-order chi connectivity index (χ0) is 14.2. The van der Waals surface area contributed by atoms with Crippen molar-refractivity contribution in [1.82, 2.24) is 10.1 Å². The van der Waals surface area contributed by atoms with Crippen molar-refractivity contribution in [3.05, 3.63) is 17.0 Å². The Morgan fingerprint density at radius 3 is 2.63 bits per heavy atom. The number of carboxylic acid groups (broad SMARTS) is 1. The molecule has 0 unspecified atom stereocenters. The molecule has 1 aliphatic rings. The van der Waals surface area contributed by atoms with Crippen molar-refractivity contribution in [2.75, 3.05) is 13.1 Å². The highest BCUT2D eigenvalue weighted by atomic mass is 16.5. The van der Waals surface area contributed by atoms with E-state index < -0.39 is 11.4 Å². The molecule has 6 heteroatoms. The van der Waals surface area contributed by atoms with E-state index in [-0.39, 0.29) is 18.9 Å². The van der Waals surface area contributed by atoms with Gasteiger partial charge in [0.2, 0.25) is 5.91 Å². The SMILES string of the molecule is Cc1noc(C)c1CC(=O)N1CC[C@](C)(C(=O)O)C1. The van der Waals surface area contributed by atoms with Gasteiger partial charge in [-0.1, -0.05) is 5.16 Å². The van der Waals surface area contributed by atoms with Crippen LogP contribution in [0.2, 0.25) is 0 Å². The van der Waals surface area contributed by atoms with E-state index in [1.54, 1.807) is 25.7 Å². The van der Waals surface area contributed by atoms with Crippen molar-refractivity contribution < 1.29 is 19.2 Å². The van der Waals surface area contributed by atoms with Crippen LogP contribution in [0.25, 0.3) is 0 Å². The number of hydrogen-bond acceptors (Lipinski definition) is 4. The molecule has 2 heterocycles. The second-order valence-electron chi connectivity index (χ2n) is 5.41. The summed E-state index contributed by atoms with van der Waals surface area (Å²) in [5.74, 6) is -0.273. The summed E-state index contributed by atoms with van der Waals surface area (Å²) in [5, 5.41) is 13.0. The Morgan fingerprint density at radius 1 is 1.47 bits per heavy atom. The third kappa shape index (κ3) is 2.47. The van der Waals surface area contributed by atoms with Gasteiger partial charge in [0.1, 0.15) is 5.76 Å². The first-order valence-electron chi connectivity index (χ1n) is 6.26. The van der Waals surface area contributed by atoms with Crippen LogP contribution < -0.4 is 0 Å². The highest BCUT2D eigenvalue weighted by Gasteiger charge is 2.42. The molecule has 0 saturated carbocycles. The number of amides is 1. The molecular weight excluding hydrogens is 248 g/mol. The van der Waals surface area contributed by atoms with E-state index in [9.17, 15) is 9.59 Å². The van der Waals surface area contributed by atoms with E-state index in [2.05, 4.69) is 5.16 Å². The monoisotopic (exact) mass is 266 g/mol. The topological polar surface area (TPSA) is 83.6 Å². The van der Waals surface area contributed by atoms with Gasteiger partial charge in [-0.05, 0) is 27.2 Å². The molecule has 2 rings (SSSR count). The predicted octanol–water partition coefficient (Wildman–Crippen LogP) is 1.16. The lowest BCUT2D eigenvalue weighted by molar-refractivity contribution is -0.147. The Morgan fingerprint density at radius 2 is 2.16 bits per heavy atom. The van der Waals surface area contributed by atoms with Crippen LogP contribution in [0.15, 0.2) is 4.52 Å². The summed E-state index contributed by atoms with van der Waals surface area (Å²) in [7, 11) is 0. The van der Waals surface area contributed by atoms with Crippen LogP contribution in [-0.2, 0) is 16.0 Å². The average molecular weight is 266 g/mol. The van der Waals surface area contributed by atoms with Crippen molar-refractivity contribution in [3.63, 3.8) is 0 Å². The number of carboxylic acids is 1. The van der Waals surface area contributed by atoms with Crippen LogP contribution in [0.1, 0.15) is 30.4 Å². The van der Waals surface area contributed by atoms with Crippen LogP contribution in [0.4, 0.5) is 0 Å². The molecule has 1 aromatic rings. The first kappa shape index (κ1) is 13.6. The van der Waals surface area contributed by atoms with Gasteiger partial charge in [0, 0.05) is 18.7 Å². The standard InChI is InChI=1S/C13H18N2O4/c1-8-10(9(2)19-14-8)6-11(16)15-5-4-13(3,7-15)12(17)18/h4-7H2,1-3H3,(H,17,18)/t13-/m0/s1. The maximum atomic E-state index is 12.2. The maximum absolute atomic E-state index is 12.2. The lowest BCUT2D eigenvalue weighted by Gasteiger charge is -2.20. The third-order valence-corrected chi connectivity index (χ3v) is 3.85. The molecule has 6 nitrogen and oxygen atoms in total. The van der Waals surface area contributed by atoms with E-state index in [0.717, 1.165) is 5.56 Å². The molecule has 1 aromatic heterocycles. The quantitative estimate of drug-likeness (QED) is 0.887. The molecule has 1 amide bonds. The maximum Gasteiger partial charge on any atom is 0.311 e. The lowest BCUT2D eigenvalue weighted by atomic mass is 9.90. The number of nitrogens with zero attached hydrogens (tertiary/aromatic N) is 2. The van der Waals surface area contributed by atoms with Crippen molar-refractivity contribution in [2.45, 2.75) is 33.6 Å². The van der Waals surface area contributed by atoms with Crippen molar-refractivity contribution >= 4 is 11.9 Å². The minimum atomic E-state index is -0.847. The van der Waals surface area contributed by atoms with E-state index in [4.69, 9.17) is 9.63 Å². The summed E-state index contributed by atoms with van der Waals surface area (Å²) in [6.45, 7) is 6.01. The molecule has 0 spiro atoms. The number of hydrogen-bond donors (Lipinski definition) is 1. The van der Waals surface area contributed by atoms with Crippen LogP contribution in [0, 0.1) is 19.3 Å². The smallest absolute Gasteiger partial charge is 0.311 e. The average Bonchev–Trinajstić information content (AvgIpc) is 2.88. The summed E-state index contributed by atoms with van der Waals surface area (Å²) < 4.78 is 5.02. The highest BCUT2D eigenvalue weighted by Crippen LogP contribution is 2.30. The Bertz CT molecular complexity index is 503. The number of aliphatic carboxylic acids is 1. The number of carbonyl (C=O) groups excluding carboxylic acids is 1. The third-order valence-electron chi connectivity index (χ3n) is 3.85. The first-order chi connectivity index (χ1) is 8.83. The van der Waals surface area contributed by atoms with Crippen LogP contribution in [0.5, 0.6) is 0 Å². The fraction of sp³-hybridized carbons (Fsp3) is 0.615. The summed E-state index contributed by atoms with van der Waals surface area (Å²) in [4.78, 5) is 25.0. The van der Waals surface area contributed by atoms with Crippen LogP contribution >= 0.6 is 0 Å². The Kier molecular flexibility index (Phi) is 3.34. The van der Waals surface area contributed by atoms with Gasteiger partial charge in [-0.2, -0.15) is 0 Å². The van der Waals surface area contributed by atoms with Crippen LogP contribution in [0.3, 0.4) is 0 Å². The second-order valence-corrected chi connectivity index (χ2v) is 5.41. The number of aromatic nitrogens is 1. The fourth-order valence-corrected chi connectivity index (χ4v) is 2.37. The molecule has 0 radical (unpaired) electrons. The van der Waals surface area contributed by atoms with Crippen molar-refractivity contribution in [3.8, 4) is 0 Å². The zero-order valence-corrected chi connectivity index (χ0v) is 11.4. The minimum absolute atomic E-state index is 0.0700. The van der Waals surface area contributed by atoms with Gasteiger partial charge >= 0.3 is 5.97 Å². The number of carbonyl (C=O) groups is 2. The first-order valence-corrected chi connectivity index (χ1v) is 6.26. The summed E-state index contributed by atoms with van der Waals surface area (Å²) in [6, 6.07) is 0. The summed E-state index contributed by atoms with van der Waals surface area (Å²) in [6.07, 6.45) is 0.715. The van der Waals surface area contributed by atoms with Crippen LogP contribution in [-0.4, -0.2) is 40.1 Å². The summed E-state index contributed by atoms with van der Waals surface area (Å²) in [5.41, 5.74) is 0.689. The molecule has 1 atom stereocenters. The van der Waals surface area contributed by atoms with Gasteiger partial charge in [0.25, 0.3) is 0 Å². The van der Waals surface area contributed by atoms with Gasteiger partial charge in [0.05, 0.1) is 17.5 Å². The summed E-state index contributed by atoms with van der Waals surface area (Å²) >= 11 is 0. The fourth-order valence-electron chi connectivity index (χ4n) is 2.37. The van der Waals surface area contributed by atoms with E-state index >= 15 is 0 Å². The largest absolute Gasteiger partial charge is 0.481 e. The van der Waals surface area contributed by atoms with Gasteiger partial charge in [-0.25, -0.2) is 0 Å². The number of aryl methyl sites for hydroxylation is 2. The van der Waals surface area contributed by atoms with Gasteiger partial charge in [-0.3, -0.25) is 9.59 Å². The molecule has 1 fully saturated rings. The lowest BCUT2D eigenvalue weighted by Crippen LogP contribution is -2.35. The normalized spacial score (nSPS) is 22.8. The molecule has 0 aromatic carbocycles. The van der Waals surface area contributed by atoms with Crippen molar-refractivity contribution in [1.29, 1.82) is 0 Å². The molecule has 1 N–H and O–H groups in total. The van der Waals surface area contributed by atoms with Gasteiger partial charge < -0.3 is 14.5 Å². The predicted molar refractivity (Wildman–Crippen MR) is 66.6 cm³/mol. The second kappa shape index (κ2) is 4.68. The zero-order valence-electron chi connectivity index (χ0n) is 11.4. The van der Waals surface area contributed by atoms with Crippen molar-refractivity contribution in [2.24, 2.45) is 5.41 Å². The van der Waals surface area contributed by atoms with E-state index in [0.29, 0.717) is 24.4 Å². The molecule has 19 heavy (non-hydrogen) atoms. The Balaban J connectivity index is 2.05. The minimum Gasteiger partial charge on any atom is -0.481 e. The molecule has 0 bridgehead atoms.